The normalized spacial score (nSPS) is 19.9. The molecule has 214 valence electrons. The summed E-state index contributed by atoms with van der Waals surface area (Å²) in [5.74, 6) is -0.114. The number of likely N-dealkylation sites (tertiary alicyclic amines) is 1. The second-order valence-corrected chi connectivity index (χ2v) is 11.3. The summed E-state index contributed by atoms with van der Waals surface area (Å²) in [6, 6.07) is 20.2. The number of carbonyl (C=O) groups excluding carboxylic acids is 1. The van der Waals surface area contributed by atoms with Crippen molar-refractivity contribution in [3.63, 3.8) is 0 Å². The van der Waals surface area contributed by atoms with Gasteiger partial charge in [-0.25, -0.2) is 4.39 Å². The lowest BCUT2D eigenvalue weighted by atomic mass is 9.84. The van der Waals surface area contributed by atoms with E-state index in [2.05, 4.69) is 61.8 Å². The highest BCUT2D eigenvalue weighted by Gasteiger charge is 2.54. The molecular formula is C31H36FN7OS. The number of hydrogen-bond acceptors (Lipinski definition) is 6. The molecule has 2 aliphatic heterocycles. The topological polar surface area (TPSA) is 69.5 Å². The molecular weight excluding hydrogens is 537 g/mol. The summed E-state index contributed by atoms with van der Waals surface area (Å²) in [6.45, 7) is 3.93. The van der Waals surface area contributed by atoms with Crippen LogP contribution in [0, 0.1) is 5.82 Å². The molecule has 0 bridgehead atoms. The maximum atomic E-state index is 14.2. The number of carbonyl (C=O) groups is 1. The second-order valence-electron chi connectivity index (χ2n) is 11.3. The SMILES string of the molecule is CNCc1cn(CCN2CN(c3ccc(F)cc3)C3(CCN([C@H]4Cc5cccc6cccc4c56)CC3)C2=O)nn1.S. The van der Waals surface area contributed by atoms with Crippen molar-refractivity contribution in [2.24, 2.45) is 0 Å². The summed E-state index contributed by atoms with van der Waals surface area (Å²) in [5.41, 5.74) is 3.95. The van der Waals surface area contributed by atoms with E-state index in [1.54, 1.807) is 16.8 Å². The summed E-state index contributed by atoms with van der Waals surface area (Å²) in [6.07, 6.45) is 4.40. The first kappa shape index (κ1) is 27.7. The van der Waals surface area contributed by atoms with E-state index in [4.69, 9.17) is 0 Å². The van der Waals surface area contributed by atoms with Gasteiger partial charge >= 0.3 is 0 Å². The number of nitrogens with one attached hydrogen (secondary N) is 1. The number of hydrogen-bond donors (Lipinski definition) is 1. The number of anilines is 1. The van der Waals surface area contributed by atoms with Crippen molar-refractivity contribution >= 4 is 35.9 Å². The Morgan fingerprint density at radius 1 is 1.02 bits per heavy atom. The summed E-state index contributed by atoms with van der Waals surface area (Å²) in [4.78, 5) is 20.9. The maximum absolute atomic E-state index is 14.2. The summed E-state index contributed by atoms with van der Waals surface area (Å²) < 4.78 is 15.6. The number of benzene rings is 3. The number of piperidine rings is 1. The van der Waals surface area contributed by atoms with E-state index in [0.717, 1.165) is 43.7 Å². The molecule has 0 saturated carbocycles. The predicted molar refractivity (Wildman–Crippen MR) is 163 cm³/mol. The standard InChI is InChI=1S/C31H34FN7O.H2S/c1-33-19-25-20-38(35-34-25)17-16-37-21-39(26-10-8-24(32)9-11-26)31(30(37)40)12-14-36(15-13-31)28-18-23-6-2-4-22-5-3-7-27(28)29(22)23;/h2-11,20,28,33H,12-19,21H2,1H3;1H2/t28-;/m0./s1. The molecule has 3 aromatic carbocycles. The van der Waals surface area contributed by atoms with Gasteiger partial charge in [0.1, 0.15) is 11.4 Å². The first-order valence-electron chi connectivity index (χ1n) is 14.2. The van der Waals surface area contributed by atoms with Crippen LogP contribution in [0.5, 0.6) is 0 Å². The lowest BCUT2D eigenvalue weighted by molar-refractivity contribution is -0.134. The van der Waals surface area contributed by atoms with E-state index in [0.29, 0.717) is 32.3 Å². The molecule has 1 aliphatic carbocycles. The van der Waals surface area contributed by atoms with Crippen LogP contribution in [-0.2, 0) is 24.3 Å². The minimum absolute atomic E-state index is 0. The zero-order chi connectivity index (χ0) is 27.3. The number of nitrogens with zero attached hydrogens (tertiary/aromatic N) is 6. The smallest absolute Gasteiger partial charge is 0.250 e. The molecule has 41 heavy (non-hydrogen) atoms. The van der Waals surface area contributed by atoms with Gasteiger partial charge in [-0.05, 0) is 72.5 Å². The zero-order valence-corrected chi connectivity index (χ0v) is 24.3. The average molecular weight is 574 g/mol. The Hall–Kier alpha value is -3.47. The summed E-state index contributed by atoms with van der Waals surface area (Å²) in [7, 11) is 1.88. The highest BCUT2D eigenvalue weighted by Crippen LogP contribution is 2.45. The van der Waals surface area contributed by atoms with Gasteiger partial charge in [0.15, 0.2) is 0 Å². The van der Waals surface area contributed by atoms with Crippen LogP contribution in [0.1, 0.15) is 35.7 Å². The van der Waals surface area contributed by atoms with Gasteiger partial charge in [-0.2, -0.15) is 13.5 Å². The fourth-order valence-corrected chi connectivity index (χ4v) is 7.07. The molecule has 2 saturated heterocycles. The number of amides is 1. The monoisotopic (exact) mass is 573 g/mol. The molecule has 4 aromatic rings. The van der Waals surface area contributed by atoms with Gasteiger partial charge in [0.25, 0.3) is 0 Å². The predicted octanol–water partition coefficient (Wildman–Crippen LogP) is 3.84. The molecule has 2 fully saturated rings. The molecule has 1 N–H and O–H groups in total. The minimum Gasteiger partial charge on any atom is -0.339 e. The van der Waals surface area contributed by atoms with E-state index in [-0.39, 0.29) is 25.2 Å². The lowest BCUT2D eigenvalue weighted by Crippen LogP contribution is -2.57. The van der Waals surface area contributed by atoms with E-state index in [9.17, 15) is 9.18 Å². The van der Waals surface area contributed by atoms with Crippen LogP contribution in [-0.4, -0.2) is 69.6 Å². The van der Waals surface area contributed by atoms with Gasteiger partial charge in [0.2, 0.25) is 5.91 Å². The van der Waals surface area contributed by atoms with Crippen molar-refractivity contribution < 1.29 is 9.18 Å². The molecule has 1 aromatic heterocycles. The van der Waals surface area contributed by atoms with Crippen molar-refractivity contribution in [2.45, 2.75) is 43.9 Å². The van der Waals surface area contributed by atoms with E-state index in [1.165, 1.54) is 34.0 Å². The molecule has 1 atom stereocenters. The quantitative estimate of drug-likeness (QED) is 0.363. The molecule has 3 heterocycles. The number of halogens is 1. The van der Waals surface area contributed by atoms with Crippen LogP contribution < -0.4 is 10.2 Å². The lowest BCUT2D eigenvalue weighted by Gasteiger charge is -2.45. The number of rotatable bonds is 7. The van der Waals surface area contributed by atoms with Gasteiger partial charge in [0, 0.05) is 44.1 Å². The Labute approximate surface area is 246 Å². The highest BCUT2D eigenvalue weighted by atomic mass is 32.1. The number of aromatic nitrogens is 3. The molecule has 0 radical (unpaired) electrons. The Balaban J connectivity index is 0.00000302. The Kier molecular flexibility index (Phi) is 7.48. The van der Waals surface area contributed by atoms with Gasteiger partial charge in [0.05, 0.1) is 18.9 Å². The van der Waals surface area contributed by atoms with Crippen LogP contribution in [0.25, 0.3) is 10.8 Å². The van der Waals surface area contributed by atoms with Crippen LogP contribution >= 0.6 is 13.5 Å². The first-order chi connectivity index (χ1) is 19.6. The van der Waals surface area contributed by atoms with E-state index >= 15 is 0 Å². The maximum Gasteiger partial charge on any atom is 0.250 e. The third-order valence-corrected chi connectivity index (χ3v) is 9.06. The second kappa shape index (κ2) is 11.1. The largest absolute Gasteiger partial charge is 0.339 e. The molecule has 0 unspecified atom stereocenters. The molecule has 8 nitrogen and oxygen atoms in total. The molecule has 3 aliphatic rings. The molecule has 10 heteroatoms. The highest BCUT2D eigenvalue weighted by molar-refractivity contribution is 7.59. The van der Waals surface area contributed by atoms with Crippen molar-refractivity contribution in [3.05, 3.63) is 89.5 Å². The van der Waals surface area contributed by atoms with E-state index in [1.807, 2.05) is 18.1 Å². The van der Waals surface area contributed by atoms with E-state index < -0.39 is 5.54 Å². The molecule has 1 amide bonds. The minimum atomic E-state index is -0.633. The first-order valence-corrected chi connectivity index (χ1v) is 14.2. The Morgan fingerprint density at radius 3 is 2.54 bits per heavy atom. The summed E-state index contributed by atoms with van der Waals surface area (Å²) >= 11 is 0. The third-order valence-electron chi connectivity index (χ3n) is 9.06. The van der Waals surface area contributed by atoms with Gasteiger partial charge in [-0.15, -0.1) is 5.10 Å². The van der Waals surface area contributed by atoms with Crippen molar-refractivity contribution in [1.82, 2.24) is 30.1 Å². The van der Waals surface area contributed by atoms with Crippen molar-refractivity contribution in [2.75, 3.05) is 38.3 Å². The van der Waals surface area contributed by atoms with Crippen LogP contribution in [0.15, 0.2) is 66.9 Å². The van der Waals surface area contributed by atoms with Gasteiger partial charge < -0.3 is 15.1 Å². The van der Waals surface area contributed by atoms with Crippen molar-refractivity contribution in [3.8, 4) is 0 Å². The van der Waals surface area contributed by atoms with Crippen molar-refractivity contribution in [1.29, 1.82) is 0 Å². The zero-order valence-electron chi connectivity index (χ0n) is 23.3. The van der Waals surface area contributed by atoms with Gasteiger partial charge in [-0.3, -0.25) is 14.4 Å². The van der Waals surface area contributed by atoms with Crippen LogP contribution in [0.3, 0.4) is 0 Å². The Morgan fingerprint density at radius 2 is 1.78 bits per heavy atom. The van der Waals surface area contributed by atoms with Crippen LogP contribution in [0.2, 0.25) is 0 Å². The summed E-state index contributed by atoms with van der Waals surface area (Å²) in [5, 5.41) is 14.2. The van der Waals surface area contributed by atoms with Crippen LogP contribution in [0.4, 0.5) is 10.1 Å². The molecule has 7 rings (SSSR count). The fraction of sp³-hybridized carbons (Fsp3) is 0.387. The Bertz CT molecular complexity index is 1540. The molecule has 1 spiro atoms. The van der Waals surface area contributed by atoms with Gasteiger partial charge in [-0.1, -0.05) is 41.6 Å². The third kappa shape index (κ3) is 4.77. The average Bonchev–Trinajstić information content (AvgIpc) is 3.66. The fourth-order valence-electron chi connectivity index (χ4n) is 7.07.